The first kappa shape index (κ1) is 32.2. The molecule has 0 bridgehead atoms. The summed E-state index contributed by atoms with van der Waals surface area (Å²) in [7, 11) is 0. The Hall–Kier alpha value is -3.78. The first-order valence-electron chi connectivity index (χ1n) is 16.5. The zero-order valence-corrected chi connectivity index (χ0v) is 27.1. The highest BCUT2D eigenvalue weighted by molar-refractivity contribution is 6.33. The smallest absolute Gasteiger partial charge is 0.322 e. The summed E-state index contributed by atoms with van der Waals surface area (Å²) in [6.45, 7) is 6.70. The number of likely N-dealkylation sites (tertiary alicyclic amines) is 1. The second-order valence-electron chi connectivity index (χ2n) is 13.0. The van der Waals surface area contributed by atoms with E-state index in [0.717, 1.165) is 55.8 Å². The summed E-state index contributed by atoms with van der Waals surface area (Å²) in [4.78, 5) is 48.9. The van der Waals surface area contributed by atoms with E-state index in [4.69, 9.17) is 23.8 Å². The van der Waals surface area contributed by atoms with E-state index in [0.29, 0.717) is 74.3 Å². The van der Waals surface area contributed by atoms with Crippen LogP contribution in [0.2, 0.25) is 5.02 Å². The molecule has 0 unspecified atom stereocenters. The standard InChI is InChI=1S/C35H44ClN7O3/c1-2-25-19-24(21-30(36)33(25)37)20-27(34(45)42-17-15-40(16-18-42)28-7-11-38-12-8-28)22-32(44)41-13-9-29(10-14-41)43-23-26-5-3-4-6-31(26)39-35(43)46/h1,3-6,19,21,27-29,38H,7-18,20,22-23,37H2,(H,39,46)/t27-/m0/s1. The number of hydrogen-bond donors (Lipinski definition) is 3. The number of hydrogen-bond acceptors (Lipinski definition) is 6. The number of anilines is 2. The molecule has 0 aromatic heterocycles. The number of benzene rings is 2. The van der Waals surface area contributed by atoms with Gasteiger partial charge in [-0.15, -0.1) is 6.42 Å². The monoisotopic (exact) mass is 645 g/mol. The van der Waals surface area contributed by atoms with Crippen molar-refractivity contribution in [2.75, 3.05) is 63.4 Å². The number of nitrogens with one attached hydrogen (secondary N) is 2. The molecule has 0 radical (unpaired) electrons. The number of nitrogen functional groups attached to an aromatic ring is 1. The summed E-state index contributed by atoms with van der Waals surface area (Å²) < 4.78 is 0. The van der Waals surface area contributed by atoms with Crippen molar-refractivity contribution < 1.29 is 14.4 Å². The highest BCUT2D eigenvalue weighted by atomic mass is 35.5. The lowest BCUT2D eigenvalue weighted by Gasteiger charge is -2.42. The van der Waals surface area contributed by atoms with E-state index in [-0.39, 0.29) is 30.3 Å². The summed E-state index contributed by atoms with van der Waals surface area (Å²) in [5, 5.41) is 6.78. The first-order chi connectivity index (χ1) is 22.3. The van der Waals surface area contributed by atoms with Crippen LogP contribution in [-0.4, -0.2) is 102 Å². The van der Waals surface area contributed by atoms with Gasteiger partial charge in [0.1, 0.15) is 0 Å². The van der Waals surface area contributed by atoms with Crippen LogP contribution in [0.15, 0.2) is 36.4 Å². The maximum Gasteiger partial charge on any atom is 0.322 e. The van der Waals surface area contributed by atoms with Gasteiger partial charge in [0.2, 0.25) is 11.8 Å². The van der Waals surface area contributed by atoms with Crippen LogP contribution in [0.25, 0.3) is 0 Å². The highest BCUT2D eigenvalue weighted by Gasteiger charge is 2.36. The molecule has 46 heavy (non-hydrogen) atoms. The highest BCUT2D eigenvalue weighted by Crippen LogP contribution is 2.30. The summed E-state index contributed by atoms with van der Waals surface area (Å²) in [5.74, 6) is 1.99. The fourth-order valence-corrected chi connectivity index (χ4v) is 7.71. The van der Waals surface area contributed by atoms with Crippen LogP contribution >= 0.6 is 11.6 Å². The Morgan fingerprint density at radius 3 is 2.41 bits per heavy atom. The average Bonchev–Trinajstić information content (AvgIpc) is 3.09. The summed E-state index contributed by atoms with van der Waals surface area (Å²) in [6, 6.07) is 11.9. The molecular weight excluding hydrogens is 602 g/mol. The summed E-state index contributed by atoms with van der Waals surface area (Å²) in [6.07, 6.45) is 9.78. The number of piperazine rings is 1. The SMILES string of the molecule is C#Cc1cc(C[C@@H](CC(=O)N2CCC(N3Cc4ccccc4NC3=O)CC2)C(=O)N2CCN(C3CCNCC3)CC2)cc(Cl)c1N. The molecule has 10 nitrogen and oxygen atoms in total. The zero-order valence-electron chi connectivity index (χ0n) is 26.3. The second kappa shape index (κ2) is 14.3. The predicted molar refractivity (Wildman–Crippen MR) is 180 cm³/mol. The number of carbonyl (C=O) groups excluding carboxylic acids is 3. The van der Waals surface area contributed by atoms with Crippen molar-refractivity contribution in [1.82, 2.24) is 24.9 Å². The van der Waals surface area contributed by atoms with Gasteiger partial charge in [-0.25, -0.2) is 4.79 Å². The van der Waals surface area contributed by atoms with Crippen LogP contribution in [0.4, 0.5) is 16.2 Å². The Balaban J connectivity index is 1.11. The van der Waals surface area contributed by atoms with E-state index in [9.17, 15) is 14.4 Å². The van der Waals surface area contributed by atoms with Gasteiger partial charge in [0.25, 0.3) is 0 Å². The van der Waals surface area contributed by atoms with Crippen LogP contribution in [0.3, 0.4) is 0 Å². The number of piperidine rings is 2. The van der Waals surface area contributed by atoms with E-state index in [1.54, 1.807) is 12.1 Å². The Kier molecular flexibility index (Phi) is 10.0. The normalized spacial score (nSPS) is 20.5. The van der Waals surface area contributed by atoms with Gasteiger partial charge in [-0.3, -0.25) is 14.5 Å². The van der Waals surface area contributed by atoms with Crippen molar-refractivity contribution in [3.63, 3.8) is 0 Å². The number of nitrogens with zero attached hydrogens (tertiary/aromatic N) is 4. The topological polar surface area (TPSA) is 114 Å². The van der Waals surface area contributed by atoms with Gasteiger partial charge in [-0.1, -0.05) is 35.7 Å². The lowest BCUT2D eigenvalue weighted by Crippen LogP contribution is -2.55. The molecule has 1 atom stereocenters. The third-order valence-corrected chi connectivity index (χ3v) is 10.5. The third kappa shape index (κ3) is 7.12. The number of carbonyl (C=O) groups is 3. The fraction of sp³-hybridized carbons (Fsp3) is 0.514. The number of amides is 4. The number of fused-ring (bicyclic) bond motifs is 1. The van der Waals surface area contributed by atoms with Crippen LogP contribution in [0, 0.1) is 18.3 Å². The van der Waals surface area contributed by atoms with Gasteiger partial charge in [0.05, 0.1) is 16.6 Å². The molecule has 2 aromatic rings. The lowest BCUT2D eigenvalue weighted by atomic mass is 9.92. The number of rotatable bonds is 7. The summed E-state index contributed by atoms with van der Waals surface area (Å²) >= 11 is 6.41. The van der Waals surface area contributed by atoms with E-state index in [2.05, 4.69) is 21.5 Å². The molecule has 3 fully saturated rings. The maximum atomic E-state index is 14.1. The van der Waals surface area contributed by atoms with Crippen LogP contribution < -0.4 is 16.4 Å². The first-order valence-corrected chi connectivity index (χ1v) is 16.9. The van der Waals surface area contributed by atoms with Crippen molar-refractivity contribution in [2.24, 2.45) is 5.92 Å². The second-order valence-corrected chi connectivity index (χ2v) is 13.4. The number of halogens is 1. The Morgan fingerprint density at radius 2 is 1.70 bits per heavy atom. The molecule has 4 amide bonds. The van der Waals surface area contributed by atoms with Crippen LogP contribution in [-0.2, 0) is 22.6 Å². The molecule has 4 aliphatic heterocycles. The number of nitrogens with two attached hydrogens (primary N) is 1. The van der Waals surface area contributed by atoms with Crippen LogP contribution in [0.5, 0.6) is 0 Å². The predicted octanol–water partition coefficient (Wildman–Crippen LogP) is 3.39. The minimum atomic E-state index is -0.551. The largest absolute Gasteiger partial charge is 0.397 e. The van der Waals surface area contributed by atoms with E-state index in [1.165, 1.54) is 0 Å². The molecule has 6 rings (SSSR count). The minimum Gasteiger partial charge on any atom is -0.397 e. The maximum absolute atomic E-state index is 14.1. The molecule has 0 aliphatic carbocycles. The van der Waals surface area contributed by atoms with Gasteiger partial charge in [0.15, 0.2) is 0 Å². The minimum absolute atomic E-state index is 0.00736. The van der Waals surface area contributed by atoms with Crippen molar-refractivity contribution in [2.45, 2.75) is 57.2 Å². The van der Waals surface area contributed by atoms with Gasteiger partial charge in [-0.05, 0) is 74.5 Å². The van der Waals surface area contributed by atoms with Gasteiger partial charge < -0.3 is 31.1 Å². The van der Waals surface area contributed by atoms with Crippen molar-refractivity contribution >= 4 is 40.8 Å². The molecular formula is C35H44ClN7O3. The quantitative estimate of drug-likeness (QED) is 0.314. The van der Waals surface area contributed by atoms with Crippen LogP contribution in [0.1, 0.15) is 48.8 Å². The molecule has 2 aromatic carbocycles. The lowest BCUT2D eigenvalue weighted by molar-refractivity contribution is -0.143. The van der Waals surface area contributed by atoms with Gasteiger partial charge >= 0.3 is 6.03 Å². The molecule has 3 saturated heterocycles. The number of urea groups is 1. The fourth-order valence-electron chi connectivity index (χ4n) is 7.46. The Morgan fingerprint density at radius 1 is 0.978 bits per heavy atom. The van der Waals surface area contributed by atoms with Crippen molar-refractivity contribution in [3.05, 3.63) is 58.1 Å². The molecule has 4 aliphatic rings. The Bertz CT molecular complexity index is 1490. The van der Waals surface area contributed by atoms with Crippen molar-refractivity contribution in [3.8, 4) is 12.3 Å². The van der Waals surface area contributed by atoms with E-state index >= 15 is 0 Å². The van der Waals surface area contributed by atoms with Gasteiger partial charge in [-0.2, -0.15) is 0 Å². The third-order valence-electron chi connectivity index (χ3n) is 10.2. The molecule has 0 saturated carbocycles. The van der Waals surface area contributed by atoms with Crippen molar-refractivity contribution in [1.29, 1.82) is 0 Å². The molecule has 4 heterocycles. The number of para-hydroxylation sites is 1. The summed E-state index contributed by atoms with van der Waals surface area (Å²) in [5.41, 5.74) is 9.65. The Labute approximate surface area is 276 Å². The molecule has 11 heteroatoms. The number of terminal acetylenes is 1. The van der Waals surface area contributed by atoms with Gasteiger partial charge in [0, 0.05) is 75.6 Å². The zero-order chi connectivity index (χ0) is 32.2. The average molecular weight is 646 g/mol. The van der Waals surface area contributed by atoms with E-state index in [1.807, 2.05) is 39.0 Å². The molecule has 4 N–H and O–H groups in total. The molecule has 0 spiro atoms. The van der Waals surface area contributed by atoms with E-state index < -0.39 is 5.92 Å². The molecule has 244 valence electrons.